The summed E-state index contributed by atoms with van der Waals surface area (Å²) in [6, 6.07) is 6.32. The zero-order valence-electron chi connectivity index (χ0n) is 9.97. The summed E-state index contributed by atoms with van der Waals surface area (Å²) in [5.41, 5.74) is 0.0118. The molecule has 1 aliphatic heterocycles. The molecule has 1 saturated heterocycles. The predicted molar refractivity (Wildman–Crippen MR) is 75.0 cm³/mol. The molecule has 1 aromatic rings. The maximum absolute atomic E-state index is 12.4. The lowest BCUT2D eigenvalue weighted by Crippen LogP contribution is -2.46. The van der Waals surface area contributed by atoms with Crippen molar-refractivity contribution in [3.63, 3.8) is 0 Å². The molecule has 0 aromatic heterocycles. The third kappa shape index (κ3) is 3.19. The fourth-order valence-corrected chi connectivity index (χ4v) is 3.73. The molecule has 19 heavy (non-hydrogen) atoms. The highest BCUT2D eigenvalue weighted by Crippen LogP contribution is 2.25. The molecule has 2 rings (SSSR count). The van der Waals surface area contributed by atoms with Crippen LogP contribution in [-0.2, 0) is 10.0 Å². The van der Waals surface area contributed by atoms with Gasteiger partial charge in [0.05, 0.1) is 10.6 Å². The van der Waals surface area contributed by atoms with Crippen LogP contribution in [0.1, 0.15) is 5.56 Å². The summed E-state index contributed by atoms with van der Waals surface area (Å²) in [6.07, 6.45) is 0. The zero-order chi connectivity index (χ0) is 13.2. The monoisotopic (exact) mass is 321 g/mol. The Morgan fingerprint density at radius 1 is 1.32 bits per heavy atom. The average molecular weight is 322 g/mol. The fourth-order valence-electron chi connectivity index (χ4n) is 1.85. The molecule has 8 heteroatoms. The third-order valence-electron chi connectivity index (χ3n) is 2.78. The molecule has 0 bridgehead atoms. The lowest BCUT2D eigenvalue weighted by molar-refractivity contribution is 0.360. The van der Waals surface area contributed by atoms with Gasteiger partial charge in [0.2, 0.25) is 10.0 Å². The van der Waals surface area contributed by atoms with Gasteiger partial charge in [0.25, 0.3) is 0 Å². The molecular weight excluding hydrogens is 309 g/mol. The SMILES string of the molecule is Cl.N#Cc1c(Cl)cccc1S(=O)(=O)N1CCNCC1. The highest BCUT2D eigenvalue weighted by molar-refractivity contribution is 7.89. The number of benzene rings is 1. The van der Waals surface area contributed by atoms with Crippen LogP contribution in [0.2, 0.25) is 5.02 Å². The molecule has 0 saturated carbocycles. The molecule has 0 amide bonds. The van der Waals surface area contributed by atoms with E-state index in [2.05, 4.69) is 5.32 Å². The van der Waals surface area contributed by atoms with Gasteiger partial charge in [-0.15, -0.1) is 12.4 Å². The first kappa shape index (κ1) is 16.2. The van der Waals surface area contributed by atoms with E-state index in [1.54, 1.807) is 0 Å². The van der Waals surface area contributed by atoms with Gasteiger partial charge in [0.15, 0.2) is 0 Å². The number of sulfonamides is 1. The van der Waals surface area contributed by atoms with Crippen molar-refractivity contribution >= 4 is 34.0 Å². The van der Waals surface area contributed by atoms with E-state index in [9.17, 15) is 8.42 Å². The lowest BCUT2D eigenvalue weighted by atomic mass is 10.2. The quantitative estimate of drug-likeness (QED) is 0.889. The lowest BCUT2D eigenvalue weighted by Gasteiger charge is -2.26. The number of nitriles is 1. The summed E-state index contributed by atoms with van der Waals surface area (Å²) in [6.45, 7) is 2.03. The van der Waals surface area contributed by atoms with Gasteiger partial charge in [-0.2, -0.15) is 9.57 Å². The van der Waals surface area contributed by atoms with Gasteiger partial charge >= 0.3 is 0 Å². The molecule has 5 nitrogen and oxygen atoms in total. The fraction of sp³-hybridized carbons (Fsp3) is 0.364. The van der Waals surface area contributed by atoms with Crippen LogP contribution in [0.5, 0.6) is 0 Å². The molecule has 0 aliphatic carbocycles. The Labute approximate surface area is 123 Å². The molecule has 104 valence electrons. The largest absolute Gasteiger partial charge is 0.314 e. The first-order valence-corrected chi connectivity index (χ1v) is 7.28. The van der Waals surface area contributed by atoms with Gasteiger partial charge in [-0.3, -0.25) is 0 Å². The van der Waals surface area contributed by atoms with Crippen LogP contribution in [0.4, 0.5) is 0 Å². The van der Waals surface area contributed by atoms with Crippen molar-refractivity contribution < 1.29 is 8.42 Å². The van der Waals surface area contributed by atoms with Crippen LogP contribution in [0.15, 0.2) is 23.1 Å². The Morgan fingerprint density at radius 3 is 2.53 bits per heavy atom. The molecule has 1 aliphatic rings. The minimum atomic E-state index is -3.64. The van der Waals surface area contributed by atoms with Crippen molar-refractivity contribution in [1.82, 2.24) is 9.62 Å². The van der Waals surface area contributed by atoms with Crippen molar-refractivity contribution in [2.75, 3.05) is 26.2 Å². The van der Waals surface area contributed by atoms with Crippen LogP contribution in [0.25, 0.3) is 0 Å². The van der Waals surface area contributed by atoms with E-state index < -0.39 is 10.0 Å². The van der Waals surface area contributed by atoms with E-state index in [4.69, 9.17) is 16.9 Å². The molecule has 1 N–H and O–H groups in total. The average Bonchev–Trinajstić information content (AvgIpc) is 2.39. The standard InChI is InChI=1S/C11H12ClN3O2S.ClH/c12-10-2-1-3-11(9(10)8-13)18(16,17)15-6-4-14-5-7-15;/h1-3,14H,4-7H2;1H. The summed E-state index contributed by atoms with van der Waals surface area (Å²) in [4.78, 5) is -0.0144. The van der Waals surface area contributed by atoms with Gasteiger partial charge in [0, 0.05) is 26.2 Å². The molecule has 1 aromatic carbocycles. The molecule has 1 heterocycles. The van der Waals surface area contributed by atoms with Crippen molar-refractivity contribution in [2.24, 2.45) is 0 Å². The third-order valence-corrected chi connectivity index (χ3v) is 5.04. The van der Waals surface area contributed by atoms with Crippen LogP contribution >= 0.6 is 24.0 Å². The van der Waals surface area contributed by atoms with Crippen LogP contribution in [0, 0.1) is 11.3 Å². The molecule has 0 unspecified atom stereocenters. The van der Waals surface area contributed by atoms with Gasteiger partial charge in [-0.05, 0) is 12.1 Å². The van der Waals surface area contributed by atoms with E-state index in [-0.39, 0.29) is 27.9 Å². The number of piperazine rings is 1. The van der Waals surface area contributed by atoms with E-state index >= 15 is 0 Å². The van der Waals surface area contributed by atoms with E-state index in [0.29, 0.717) is 26.2 Å². The first-order chi connectivity index (χ1) is 8.57. The highest BCUT2D eigenvalue weighted by Gasteiger charge is 2.28. The smallest absolute Gasteiger partial charge is 0.244 e. The number of hydrogen-bond acceptors (Lipinski definition) is 4. The Kier molecular flexibility index (Phi) is 5.59. The Balaban J connectivity index is 0.00000180. The summed E-state index contributed by atoms with van der Waals surface area (Å²) in [5, 5.41) is 12.3. The van der Waals surface area contributed by atoms with Gasteiger partial charge in [-0.25, -0.2) is 8.42 Å². The second-order valence-electron chi connectivity index (χ2n) is 3.88. The molecule has 0 radical (unpaired) electrons. The normalized spacial score (nSPS) is 16.4. The maximum atomic E-state index is 12.4. The summed E-state index contributed by atoms with van der Waals surface area (Å²) in [5.74, 6) is 0. The predicted octanol–water partition coefficient (Wildman–Crippen LogP) is 1.23. The summed E-state index contributed by atoms with van der Waals surface area (Å²) >= 11 is 5.86. The molecule has 0 spiro atoms. The first-order valence-electron chi connectivity index (χ1n) is 5.47. The second-order valence-corrected chi connectivity index (χ2v) is 6.19. The Bertz CT molecular complexity index is 592. The minimum absolute atomic E-state index is 0. The number of rotatable bonds is 2. The minimum Gasteiger partial charge on any atom is -0.314 e. The number of nitrogens with one attached hydrogen (secondary N) is 1. The Hall–Kier alpha value is -0.840. The number of nitrogens with zero attached hydrogens (tertiary/aromatic N) is 2. The molecule has 0 atom stereocenters. The number of hydrogen-bond donors (Lipinski definition) is 1. The van der Waals surface area contributed by atoms with Gasteiger partial charge < -0.3 is 5.32 Å². The van der Waals surface area contributed by atoms with Crippen molar-refractivity contribution in [2.45, 2.75) is 4.90 Å². The van der Waals surface area contributed by atoms with Gasteiger partial charge in [-0.1, -0.05) is 17.7 Å². The summed E-state index contributed by atoms with van der Waals surface area (Å²) in [7, 11) is -3.64. The topological polar surface area (TPSA) is 73.2 Å². The Morgan fingerprint density at radius 2 is 1.95 bits per heavy atom. The van der Waals surface area contributed by atoms with E-state index in [1.165, 1.54) is 22.5 Å². The zero-order valence-corrected chi connectivity index (χ0v) is 12.4. The summed E-state index contributed by atoms with van der Waals surface area (Å²) < 4.78 is 26.2. The van der Waals surface area contributed by atoms with E-state index in [0.717, 1.165) is 0 Å². The number of halogens is 2. The van der Waals surface area contributed by atoms with Gasteiger partial charge in [0.1, 0.15) is 11.0 Å². The van der Waals surface area contributed by atoms with Crippen molar-refractivity contribution in [3.8, 4) is 6.07 Å². The maximum Gasteiger partial charge on any atom is 0.244 e. The van der Waals surface area contributed by atoms with Crippen molar-refractivity contribution in [1.29, 1.82) is 5.26 Å². The van der Waals surface area contributed by atoms with Crippen LogP contribution in [0.3, 0.4) is 0 Å². The molecule has 1 fully saturated rings. The van der Waals surface area contributed by atoms with Crippen LogP contribution in [-0.4, -0.2) is 38.9 Å². The second kappa shape index (κ2) is 6.55. The van der Waals surface area contributed by atoms with E-state index in [1.807, 2.05) is 6.07 Å². The highest BCUT2D eigenvalue weighted by atomic mass is 35.5. The molecular formula is C11H13Cl2N3O2S. The van der Waals surface area contributed by atoms with Crippen molar-refractivity contribution in [3.05, 3.63) is 28.8 Å². The van der Waals surface area contributed by atoms with Crippen LogP contribution < -0.4 is 5.32 Å².